The highest BCUT2D eigenvalue weighted by atomic mass is 31.0. The summed E-state index contributed by atoms with van der Waals surface area (Å²) in [5, 5.41) is 0. The second-order valence-electron chi connectivity index (χ2n) is 7.99. The summed E-state index contributed by atoms with van der Waals surface area (Å²) in [6, 6.07) is 4.02. The van der Waals surface area contributed by atoms with Gasteiger partial charge in [0.05, 0.1) is 5.92 Å². The van der Waals surface area contributed by atoms with Gasteiger partial charge in [-0.1, -0.05) is 71.1 Å². The van der Waals surface area contributed by atoms with Gasteiger partial charge >= 0.3 is 5.97 Å². The molecule has 0 aliphatic carbocycles. The zero-order valence-electron chi connectivity index (χ0n) is 18.6. The zero-order valence-corrected chi connectivity index (χ0v) is 19.6. The van der Waals surface area contributed by atoms with Crippen molar-refractivity contribution in [2.45, 2.75) is 86.7 Å². The van der Waals surface area contributed by atoms with Gasteiger partial charge in [0.25, 0.3) is 0 Å². The average Bonchev–Trinajstić information content (AvgIpc) is 2.63. The molecule has 0 bridgehead atoms. The third-order valence-corrected chi connectivity index (χ3v) is 4.92. The Morgan fingerprint density at radius 1 is 0.964 bits per heavy atom. The largest absolute Gasteiger partial charge is 0.453 e. The highest BCUT2D eigenvalue weighted by molar-refractivity contribution is 7.00. The molecule has 0 fully saturated rings. The standard InChI is InChI=1S/C23H36O3.HOP/c1-8-9-10-11-12-17(5)23(25)26-22(15(2)3)21(24)20-18(6)13-16(4)14-19(20)7;1-2/h13-15,17,22H,8-12H2,1-7H3;2H. The molecule has 0 radical (unpaired) electrons. The molecular formula is C23H37O4P. The normalized spacial score (nSPS) is 12.7. The molecular weight excluding hydrogens is 371 g/mol. The second-order valence-corrected chi connectivity index (χ2v) is 7.99. The lowest BCUT2D eigenvalue weighted by Crippen LogP contribution is -2.35. The lowest BCUT2D eigenvalue weighted by Gasteiger charge is -2.24. The van der Waals surface area contributed by atoms with Gasteiger partial charge < -0.3 is 4.74 Å². The summed E-state index contributed by atoms with van der Waals surface area (Å²) in [4.78, 5) is 25.6. The Bertz CT molecular complexity index is 616. The minimum Gasteiger partial charge on any atom is -0.453 e. The summed E-state index contributed by atoms with van der Waals surface area (Å²) in [6.45, 7) is 13.9. The maximum atomic E-state index is 13.1. The number of ether oxygens (including phenoxy) is 1. The summed E-state index contributed by atoms with van der Waals surface area (Å²) < 4.78 is 13.8. The maximum absolute atomic E-state index is 13.1. The highest BCUT2D eigenvalue weighted by Crippen LogP contribution is 2.23. The van der Waals surface area contributed by atoms with E-state index in [1.54, 1.807) is 9.12 Å². The maximum Gasteiger partial charge on any atom is 0.309 e. The molecule has 0 amide bonds. The van der Waals surface area contributed by atoms with Crippen LogP contribution < -0.4 is 0 Å². The van der Waals surface area contributed by atoms with Gasteiger partial charge in [-0.2, -0.15) is 0 Å². The first-order chi connectivity index (χ1) is 13.2. The van der Waals surface area contributed by atoms with Crippen molar-refractivity contribution in [2.24, 2.45) is 11.8 Å². The van der Waals surface area contributed by atoms with Crippen LogP contribution in [0.3, 0.4) is 0 Å². The molecule has 0 saturated heterocycles. The summed E-state index contributed by atoms with van der Waals surface area (Å²) in [5.74, 6) is -0.558. The topological polar surface area (TPSA) is 60.4 Å². The van der Waals surface area contributed by atoms with Crippen molar-refractivity contribution >= 4 is 20.9 Å². The van der Waals surface area contributed by atoms with Crippen molar-refractivity contribution < 1.29 is 18.9 Å². The number of carbonyl (C=O) groups excluding carboxylic acids is 2. The number of carbonyl (C=O) groups is 2. The summed E-state index contributed by atoms with van der Waals surface area (Å²) in [5.41, 5.74) is 3.72. The molecule has 0 saturated carbocycles. The molecule has 28 heavy (non-hydrogen) atoms. The van der Waals surface area contributed by atoms with Crippen molar-refractivity contribution in [1.29, 1.82) is 0 Å². The van der Waals surface area contributed by atoms with Gasteiger partial charge in [-0.25, -0.2) is 0 Å². The van der Waals surface area contributed by atoms with Crippen LogP contribution in [0.25, 0.3) is 0 Å². The number of hydrogen-bond acceptors (Lipinski definition) is 4. The molecule has 0 heterocycles. The van der Waals surface area contributed by atoms with Crippen LogP contribution in [0, 0.1) is 32.6 Å². The molecule has 158 valence electrons. The number of esters is 1. The average molecular weight is 409 g/mol. The summed E-state index contributed by atoms with van der Waals surface area (Å²) in [7, 11) is 1.72. The van der Waals surface area contributed by atoms with E-state index in [4.69, 9.17) is 9.30 Å². The molecule has 1 rings (SSSR count). The van der Waals surface area contributed by atoms with Crippen molar-refractivity contribution in [3.8, 4) is 0 Å². The van der Waals surface area contributed by atoms with Crippen molar-refractivity contribution in [3.05, 3.63) is 34.4 Å². The Balaban J connectivity index is 0.00000352. The monoisotopic (exact) mass is 408 g/mol. The van der Waals surface area contributed by atoms with Gasteiger partial charge in [0.15, 0.2) is 6.10 Å². The molecule has 1 aromatic rings. The van der Waals surface area contributed by atoms with Crippen LogP contribution in [-0.2, 0) is 14.1 Å². The smallest absolute Gasteiger partial charge is 0.309 e. The third kappa shape index (κ3) is 8.22. The van der Waals surface area contributed by atoms with E-state index >= 15 is 0 Å². The number of aryl methyl sites for hydroxylation is 3. The fraction of sp³-hybridized carbons (Fsp3) is 0.652. The van der Waals surface area contributed by atoms with Crippen molar-refractivity contribution in [1.82, 2.24) is 0 Å². The van der Waals surface area contributed by atoms with Gasteiger partial charge in [-0.05, 0) is 44.2 Å². The lowest BCUT2D eigenvalue weighted by atomic mass is 9.90. The molecule has 4 nitrogen and oxygen atoms in total. The SMILES string of the molecule is CCCCCCC(C)C(=O)OC(C(=O)c1c(C)cc(C)cc1C)C(C)C.O=P. The van der Waals surface area contributed by atoms with E-state index in [1.807, 2.05) is 53.7 Å². The number of ketones is 1. The molecule has 2 unspecified atom stereocenters. The van der Waals surface area contributed by atoms with Crippen molar-refractivity contribution in [2.75, 3.05) is 0 Å². The van der Waals surface area contributed by atoms with Crippen LogP contribution in [-0.4, -0.2) is 17.9 Å². The molecule has 0 aliphatic heterocycles. The van der Waals surface area contributed by atoms with Crippen LogP contribution in [0.2, 0.25) is 0 Å². The van der Waals surface area contributed by atoms with E-state index in [0.717, 1.165) is 36.0 Å². The third-order valence-electron chi connectivity index (χ3n) is 4.92. The van der Waals surface area contributed by atoms with Gasteiger partial charge in [0.2, 0.25) is 5.78 Å². The van der Waals surface area contributed by atoms with Crippen LogP contribution in [0.1, 0.15) is 86.8 Å². The Hall–Kier alpha value is -1.54. The molecule has 0 aliphatic rings. The Morgan fingerprint density at radius 2 is 1.50 bits per heavy atom. The number of unbranched alkanes of at least 4 members (excludes halogenated alkanes) is 3. The molecule has 0 N–H and O–H groups in total. The molecule has 1 aromatic carbocycles. The van der Waals surface area contributed by atoms with Gasteiger partial charge in [-0.3, -0.25) is 14.2 Å². The number of hydrogen-bond donors (Lipinski definition) is 0. The van der Waals surface area contributed by atoms with E-state index in [-0.39, 0.29) is 23.6 Å². The fourth-order valence-corrected chi connectivity index (χ4v) is 3.44. The van der Waals surface area contributed by atoms with Gasteiger partial charge in [-0.15, -0.1) is 0 Å². The van der Waals surface area contributed by atoms with E-state index in [2.05, 4.69) is 6.92 Å². The molecule has 0 aromatic heterocycles. The predicted molar refractivity (Wildman–Crippen MR) is 117 cm³/mol. The van der Waals surface area contributed by atoms with Crippen LogP contribution in [0.15, 0.2) is 12.1 Å². The Kier molecular flexibility index (Phi) is 12.9. The van der Waals surface area contributed by atoms with Crippen molar-refractivity contribution in [3.63, 3.8) is 0 Å². The minimum absolute atomic E-state index is 0.0566. The first-order valence-corrected chi connectivity index (χ1v) is 10.6. The zero-order chi connectivity index (χ0) is 21.9. The first kappa shape index (κ1) is 26.5. The van der Waals surface area contributed by atoms with Crippen LogP contribution in [0.5, 0.6) is 0 Å². The van der Waals surface area contributed by atoms with E-state index in [0.29, 0.717) is 5.56 Å². The Morgan fingerprint density at radius 3 is 1.96 bits per heavy atom. The highest BCUT2D eigenvalue weighted by Gasteiger charge is 2.30. The van der Waals surface area contributed by atoms with Gasteiger partial charge in [0, 0.05) is 5.56 Å². The van der Waals surface area contributed by atoms with Gasteiger partial charge in [0.1, 0.15) is 9.12 Å². The van der Waals surface area contributed by atoms with Crippen LogP contribution in [0.4, 0.5) is 0 Å². The molecule has 0 spiro atoms. The predicted octanol–water partition coefficient (Wildman–Crippen LogP) is 6.44. The molecule has 5 heteroatoms. The number of Topliss-reactive ketones (excluding diaryl/α,β-unsaturated/α-hetero) is 1. The molecule has 2 atom stereocenters. The quantitative estimate of drug-likeness (QED) is 0.193. The minimum atomic E-state index is -0.722. The fourth-order valence-electron chi connectivity index (χ4n) is 3.44. The number of rotatable bonds is 10. The Labute approximate surface area is 173 Å². The lowest BCUT2D eigenvalue weighted by molar-refractivity contribution is -0.153. The van der Waals surface area contributed by atoms with E-state index in [1.165, 1.54) is 12.8 Å². The van der Waals surface area contributed by atoms with Crippen LogP contribution >= 0.6 is 9.12 Å². The summed E-state index contributed by atoms with van der Waals surface area (Å²) in [6.07, 6.45) is 4.64. The number of benzene rings is 1. The van der Waals surface area contributed by atoms with E-state index in [9.17, 15) is 9.59 Å². The first-order valence-electron chi connectivity index (χ1n) is 10.2. The summed E-state index contributed by atoms with van der Waals surface area (Å²) >= 11 is 0. The second kappa shape index (κ2) is 13.6. The van der Waals surface area contributed by atoms with E-state index < -0.39 is 6.10 Å².